The van der Waals surface area contributed by atoms with Gasteiger partial charge in [-0.25, -0.2) is 8.78 Å². The van der Waals surface area contributed by atoms with Crippen molar-refractivity contribution in [2.75, 3.05) is 6.54 Å². The Morgan fingerprint density at radius 3 is 2.65 bits per heavy atom. The molecule has 1 aromatic carbocycles. The first-order valence-electron chi connectivity index (χ1n) is 6.33. The minimum absolute atomic E-state index is 0.185. The molecule has 0 saturated carbocycles. The fourth-order valence-electron chi connectivity index (χ4n) is 1.92. The van der Waals surface area contributed by atoms with Gasteiger partial charge in [-0.1, -0.05) is 6.07 Å². The molecule has 0 aliphatic heterocycles. The van der Waals surface area contributed by atoms with Gasteiger partial charge in [0, 0.05) is 12.6 Å². The van der Waals surface area contributed by atoms with Crippen LogP contribution < -0.4 is 5.32 Å². The van der Waals surface area contributed by atoms with Crippen LogP contribution in [0.15, 0.2) is 35.0 Å². The molecule has 1 heterocycles. The van der Waals surface area contributed by atoms with E-state index in [-0.39, 0.29) is 6.04 Å². The summed E-state index contributed by atoms with van der Waals surface area (Å²) in [4.78, 5) is 0. The highest BCUT2D eigenvalue weighted by Crippen LogP contribution is 2.23. The molecule has 0 amide bonds. The molecule has 0 aliphatic carbocycles. The van der Waals surface area contributed by atoms with Crippen LogP contribution >= 0.6 is 11.3 Å². The Morgan fingerprint density at radius 1 is 1.30 bits per heavy atom. The first kappa shape index (κ1) is 15.1. The Balaban J connectivity index is 2.01. The fourth-order valence-corrected chi connectivity index (χ4v) is 2.71. The topological polar surface area (TPSA) is 32.3 Å². The summed E-state index contributed by atoms with van der Waals surface area (Å²) < 4.78 is 26.1. The smallest absolute Gasteiger partial charge is 0.159 e. The van der Waals surface area contributed by atoms with Crippen molar-refractivity contribution in [3.63, 3.8) is 0 Å². The quantitative estimate of drug-likeness (QED) is 0.884. The maximum atomic E-state index is 13.2. The summed E-state index contributed by atoms with van der Waals surface area (Å²) in [5.41, 5.74) is 0.491. The maximum Gasteiger partial charge on any atom is 0.159 e. The number of nitrogens with one attached hydrogen (secondary N) is 1. The second-order valence-electron chi connectivity index (χ2n) is 5.06. The third-order valence-electron chi connectivity index (χ3n) is 3.34. The normalized spacial score (nSPS) is 15.8. The lowest BCUT2D eigenvalue weighted by molar-refractivity contribution is 0.0548. The summed E-state index contributed by atoms with van der Waals surface area (Å²) in [6, 6.07) is 5.51. The van der Waals surface area contributed by atoms with Crippen molar-refractivity contribution in [3.05, 3.63) is 57.8 Å². The van der Waals surface area contributed by atoms with Crippen molar-refractivity contribution in [3.8, 4) is 0 Å². The van der Waals surface area contributed by atoms with Crippen LogP contribution in [0.1, 0.15) is 31.0 Å². The van der Waals surface area contributed by atoms with Gasteiger partial charge < -0.3 is 10.4 Å². The number of aliphatic hydroxyl groups is 1. The zero-order chi connectivity index (χ0) is 14.8. The highest BCUT2D eigenvalue weighted by Gasteiger charge is 2.24. The van der Waals surface area contributed by atoms with E-state index in [4.69, 9.17) is 0 Å². The molecule has 0 spiro atoms. The van der Waals surface area contributed by atoms with Crippen LogP contribution in [0.5, 0.6) is 0 Å². The van der Waals surface area contributed by atoms with Crippen LogP contribution in [-0.4, -0.2) is 11.7 Å². The second-order valence-corrected chi connectivity index (χ2v) is 5.84. The molecule has 1 aromatic heterocycles. The Labute approximate surface area is 121 Å². The average molecular weight is 297 g/mol. The van der Waals surface area contributed by atoms with E-state index in [1.54, 1.807) is 6.92 Å². The van der Waals surface area contributed by atoms with Crippen LogP contribution in [0.3, 0.4) is 0 Å². The van der Waals surface area contributed by atoms with Crippen LogP contribution in [-0.2, 0) is 5.60 Å². The van der Waals surface area contributed by atoms with Crippen molar-refractivity contribution < 1.29 is 13.9 Å². The molecule has 2 atom stereocenters. The van der Waals surface area contributed by atoms with Gasteiger partial charge in [0.1, 0.15) is 5.60 Å². The fraction of sp³-hybridized carbons (Fsp3) is 0.333. The van der Waals surface area contributed by atoms with Gasteiger partial charge in [0.2, 0.25) is 0 Å². The lowest BCUT2D eigenvalue weighted by Crippen LogP contribution is -2.36. The molecular formula is C15H17F2NOS. The van der Waals surface area contributed by atoms with Gasteiger partial charge in [-0.2, -0.15) is 11.3 Å². The minimum Gasteiger partial charge on any atom is -0.384 e. The largest absolute Gasteiger partial charge is 0.384 e. The predicted molar refractivity (Wildman–Crippen MR) is 76.7 cm³/mol. The summed E-state index contributed by atoms with van der Waals surface area (Å²) in [5, 5.41) is 17.3. The molecule has 2 unspecified atom stereocenters. The molecular weight excluding hydrogens is 280 g/mol. The number of halogens is 2. The molecule has 0 saturated heterocycles. The van der Waals surface area contributed by atoms with E-state index in [2.05, 4.69) is 5.32 Å². The molecule has 108 valence electrons. The number of hydrogen-bond acceptors (Lipinski definition) is 3. The summed E-state index contributed by atoms with van der Waals surface area (Å²) >= 11 is 1.52. The Morgan fingerprint density at radius 2 is 2.05 bits per heavy atom. The molecule has 0 aliphatic rings. The molecule has 0 fully saturated rings. The molecule has 2 nitrogen and oxygen atoms in total. The number of benzene rings is 1. The van der Waals surface area contributed by atoms with Gasteiger partial charge in [0.15, 0.2) is 11.6 Å². The van der Waals surface area contributed by atoms with E-state index in [0.29, 0.717) is 12.1 Å². The molecule has 5 heteroatoms. The lowest BCUT2D eigenvalue weighted by atomic mass is 9.98. The molecule has 20 heavy (non-hydrogen) atoms. The van der Waals surface area contributed by atoms with Gasteiger partial charge in [-0.3, -0.25) is 0 Å². The van der Waals surface area contributed by atoms with Crippen molar-refractivity contribution in [1.29, 1.82) is 0 Å². The van der Waals surface area contributed by atoms with E-state index in [1.807, 2.05) is 23.8 Å². The minimum atomic E-state index is -0.993. The summed E-state index contributed by atoms with van der Waals surface area (Å²) in [7, 11) is 0. The van der Waals surface area contributed by atoms with Crippen molar-refractivity contribution in [2.45, 2.75) is 25.5 Å². The summed E-state index contributed by atoms with van der Waals surface area (Å²) in [6.45, 7) is 3.89. The molecule has 0 bridgehead atoms. The summed E-state index contributed by atoms with van der Waals surface area (Å²) in [5.74, 6) is -1.72. The Hall–Kier alpha value is -1.30. The average Bonchev–Trinajstić information content (AvgIpc) is 2.94. The van der Waals surface area contributed by atoms with Gasteiger partial charge in [0.25, 0.3) is 0 Å². The first-order valence-corrected chi connectivity index (χ1v) is 7.28. The van der Waals surface area contributed by atoms with Crippen molar-refractivity contribution in [2.24, 2.45) is 0 Å². The van der Waals surface area contributed by atoms with E-state index >= 15 is 0 Å². The van der Waals surface area contributed by atoms with E-state index in [0.717, 1.165) is 11.6 Å². The first-order chi connectivity index (χ1) is 9.40. The standard InChI is InChI=1S/C15H17F2NOS/c1-10(11-3-4-13(16)14(17)7-11)18-9-15(2,19)12-5-6-20-8-12/h3-8,10,18-19H,9H2,1-2H3. The third-order valence-corrected chi connectivity index (χ3v) is 4.02. The number of rotatable bonds is 5. The van der Waals surface area contributed by atoms with E-state index in [9.17, 15) is 13.9 Å². The molecule has 0 radical (unpaired) electrons. The van der Waals surface area contributed by atoms with Crippen molar-refractivity contribution >= 4 is 11.3 Å². The maximum absolute atomic E-state index is 13.2. The summed E-state index contributed by atoms with van der Waals surface area (Å²) in [6.07, 6.45) is 0. The second kappa shape index (κ2) is 5.99. The van der Waals surface area contributed by atoms with Crippen LogP contribution in [0.4, 0.5) is 8.78 Å². The lowest BCUT2D eigenvalue weighted by Gasteiger charge is -2.25. The van der Waals surface area contributed by atoms with E-state index < -0.39 is 17.2 Å². The monoisotopic (exact) mass is 297 g/mol. The SMILES string of the molecule is CC(NCC(C)(O)c1ccsc1)c1ccc(F)c(F)c1. The number of hydrogen-bond donors (Lipinski definition) is 2. The van der Waals surface area contributed by atoms with Crippen LogP contribution in [0.25, 0.3) is 0 Å². The van der Waals surface area contributed by atoms with Crippen molar-refractivity contribution in [1.82, 2.24) is 5.32 Å². The van der Waals surface area contributed by atoms with E-state index in [1.165, 1.54) is 23.5 Å². The highest BCUT2D eigenvalue weighted by molar-refractivity contribution is 7.08. The molecule has 2 aromatic rings. The van der Waals surface area contributed by atoms with Gasteiger partial charge >= 0.3 is 0 Å². The number of thiophene rings is 1. The third kappa shape index (κ3) is 3.42. The predicted octanol–water partition coefficient (Wildman–Crippen LogP) is 3.58. The Bertz CT molecular complexity index is 569. The van der Waals surface area contributed by atoms with Crippen LogP contribution in [0.2, 0.25) is 0 Å². The molecule has 2 rings (SSSR count). The Kier molecular flexibility index (Phi) is 4.52. The van der Waals surface area contributed by atoms with Crippen LogP contribution in [0, 0.1) is 11.6 Å². The van der Waals surface area contributed by atoms with Gasteiger partial charge in [-0.05, 0) is 53.9 Å². The van der Waals surface area contributed by atoms with Gasteiger partial charge in [-0.15, -0.1) is 0 Å². The highest BCUT2D eigenvalue weighted by atomic mass is 32.1. The zero-order valence-corrected chi connectivity index (χ0v) is 12.2. The molecule has 2 N–H and O–H groups in total. The zero-order valence-electron chi connectivity index (χ0n) is 11.4. The van der Waals surface area contributed by atoms with Gasteiger partial charge in [0.05, 0.1) is 0 Å².